The highest BCUT2D eigenvalue weighted by molar-refractivity contribution is 7.92. The van der Waals surface area contributed by atoms with E-state index >= 15 is 0 Å². The minimum atomic E-state index is -3.28. The molecule has 144 valence electrons. The van der Waals surface area contributed by atoms with E-state index in [0.717, 1.165) is 40.8 Å². The highest BCUT2D eigenvalue weighted by atomic mass is 32.2. The summed E-state index contributed by atoms with van der Waals surface area (Å²) in [5, 5.41) is 2.97. The van der Waals surface area contributed by atoms with Crippen LogP contribution >= 0.6 is 0 Å². The van der Waals surface area contributed by atoms with E-state index in [2.05, 4.69) is 5.32 Å². The lowest BCUT2D eigenvalue weighted by molar-refractivity contribution is 0.102. The van der Waals surface area contributed by atoms with Gasteiger partial charge in [0, 0.05) is 17.8 Å². The molecule has 2 aromatic carbocycles. The third-order valence-corrected chi connectivity index (χ3v) is 6.80. The molecule has 0 radical (unpaired) electrons. The van der Waals surface area contributed by atoms with Crippen LogP contribution in [0.3, 0.4) is 0 Å². The van der Waals surface area contributed by atoms with Crippen molar-refractivity contribution in [3.05, 3.63) is 58.1 Å². The van der Waals surface area contributed by atoms with Crippen LogP contribution in [-0.4, -0.2) is 26.6 Å². The molecule has 0 unspecified atom stereocenters. The molecule has 1 aliphatic heterocycles. The summed E-state index contributed by atoms with van der Waals surface area (Å²) >= 11 is 0. The number of hydrogen-bond acceptors (Lipinski definition) is 3. The number of benzene rings is 2. The number of amides is 1. The average Bonchev–Trinajstić information content (AvgIpc) is 2.60. The van der Waals surface area contributed by atoms with Gasteiger partial charge in [-0.1, -0.05) is 17.7 Å². The van der Waals surface area contributed by atoms with Gasteiger partial charge in [-0.15, -0.1) is 0 Å². The Labute approximate surface area is 161 Å². The van der Waals surface area contributed by atoms with Crippen LogP contribution in [0.25, 0.3) is 0 Å². The van der Waals surface area contributed by atoms with Crippen molar-refractivity contribution in [2.24, 2.45) is 0 Å². The van der Waals surface area contributed by atoms with E-state index in [9.17, 15) is 13.2 Å². The zero-order valence-corrected chi connectivity index (χ0v) is 17.1. The smallest absolute Gasteiger partial charge is 0.256 e. The average molecular weight is 387 g/mol. The Morgan fingerprint density at radius 1 is 1.11 bits per heavy atom. The molecule has 6 heteroatoms. The van der Waals surface area contributed by atoms with E-state index in [1.54, 1.807) is 19.1 Å². The van der Waals surface area contributed by atoms with Crippen LogP contribution in [0.1, 0.15) is 46.0 Å². The lowest BCUT2D eigenvalue weighted by atomic mass is 9.99. The normalized spacial score (nSPS) is 14.0. The molecule has 1 aliphatic rings. The summed E-state index contributed by atoms with van der Waals surface area (Å²) in [7, 11) is -3.28. The van der Waals surface area contributed by atoms with Crippen molar-refractivity contribution in [1.29, 1.82) is 0 Å². The second-order valence-corrected chi connectivity index (χ2v) is 9.33. The number of sulfonamides is 1. The molecule has 1 amide bonds. The van der Waals surface area contributed by atoms with E-state index in [-0.39, 0.29) is 11.7 Å². The van der Waals surface area contributed by atoms with Gasteiger partial charge in [0.2, 0.25) is 10.0 Å². The number of anilines is 2. The molecule has 27 heavy (non-hydrogen) atoms. The molecule has 0 aromatic heterocycles. The first-order chi connectivity index (χ1) is 12.7. The molecular weight excluding hydrogens is 360 g/mol. The Morgan fingerprint density at radius 3 is 2.41 bits per heavy atom. The van der Waals surface area contributed by atoms with Gasteiger partial charge in [-0.2, -0.15) is 0 Å². The van der Waals surface area contributed by atoms with Crippen LogP contribution < -0.4 is 9.62 Å². The van der Waals surface area contributed by atoms with Gasteiger partial charge in [0.1, 0.15) is 0 Å². The van der Waals surface area contributed by atoms with Crippen LogP contribution in [0.15, 0.2) is 30.3 Å². The topological polar surface area (TPSA) is 66.5 Å². The molecule has 1 heterocycles. The lowest BCUT2D eigenvalue weighted by Gasteiger charge is -2.30. The Balaban J connectivity index is 1.89. The van der Waals surface area contributed by atoms with Gasteiger partial charge in [-0.25, -0.2) is 8.42 Å². The number of hydrogen-bond donors (Lipinski definition) is 1. The first-order valence-electron chi connectivity index (χ1n) is 9.25. The molecule has 5 nitrogen and oxygen atoms in total. The first kappa shape index (κ1) is 19.4. The van der Waals surface area contributed by atoms with Gasteiger partial charge in [0.05, 0.1) is 11.4 Å². The number of nitrogens with one attached hydrogen (secondary N) is 1. The van der Waals surface area contributed by atoms with Crippen molar-refractivity contribution >= 4 is 27.3 Å². The van der Waals surface area contributed by atoms with Crippen molar-refractivity contribution in [2.45, 2.75) is 40.5 Å². The molecular formula is C21H26N2O3S. The van der Waals surface area contributed by atoms with Gasteiger partial charge in [-0.05, 0) is 75.4 Å². The fourth-order valence-corrected chi connectivity index (χ4v) is 5.01. The fraction of sp³-hybridized carbons (Fsp3) is 0.381. The zero-order chi connectivity index (χ0) is 19.8. The molecule has 3 rings (SSSR count). The molecule has 0 saturated heterocycles. The Hall–Kier alpha value is -2.34. The van der Waals surface area contributed by atoms with Crippen molar-refractivity contribution in [3.63, 3.8) is 0 Å². The third kappa shape index (κ3) is 3.86. The molecule has 0 atom stereocenters. The highest BCUT2D eigenvalue weighted by Crippen LogP contribution is 2.32. The van der Waals surface area contributed by atoms with E-state index in [1.807, 2.05) is 39.0 Å². The van der Waals surface area contributed by atoms with Crippen molar-refractivity contribution in [2.75, 3.05) is 21.9 Å². The summed E-state index contributed by atoms with van der Waals surface area (Å²) < 4.78 is 26.1. The minimum absolute atomic E-state index is 0.0803. The first-order valence-corrected chi connectivity index (χ1v) is 10.9. The zero-order valence-electron chi connectivity index (χ0n) is 16.3. The van der Waals surface area contributed by atoms with E-state index in [4.69, 9.17) is 0 Å². The summed E-state index contributed by atoms with van der Waals surface area (Å²) in [4.78, 5) is 12.8. The maximum atomic E-state index is 12.8. The summed E-state index contributed by atoms with van der Waals surface area (Å²) in [5.74, 6) is -0.0597. The largest absolute Gasteiger partial charge is 0.322 e. The molecule has 2 aromatic rings. The summed E-state index contributed by atoms with van der Waals surface area (Å²) in [6, 6.07) is 9.47. The number of rotatable bonds is 4. The molecule has 1 N–H and O–H groups in total. The van der Waals surface area contributed by atoms with Gasteiger partial charge in [-0.3, -0.25) is 9.10 Å². The van der Waals surface area contributed by atoms with Gasteiger partial charge in [0.25, 0.3) is 5.91 Å². The number of carbonyl (C=O) groups is 1. The minimum Gasteiger partial charge on any atom is -0.322 e. The highest BCUT2D eigenvalue weighted by Gasteiger charge is 2.26. The van der Waals surface area contributed by atoms with Crippen LogP contribution in [-0.2, 0) is 16.4 Å². The molecule has 0 fully saturated rings. The summed E-state index contributed by atoms with van der Waals surface area (Å²) in [6.07, 6.45) is 1.58. The second kappa shape index (κ2) is 7.35. The van der Waals surface area contributed by atoms with Crippen LogP contribution in [0, 0.1) is 20.8 Å². The van der Waals surface area contributed by atoms with Gasteiger partial charge < -0.3 is 5.32 Å². The number of carbonyl (C=O) groups excluding carboxylic acids is 1. The van der Waals surface area contributed by atoms with E-state index in [1.165, 1.54) is 4.31 Å². The van der Waals surface area contributed by atoms with Crippen LogP contribution in [0.4, 0.5) is 11.4 Å². The standard InChI is InChI=1S/C21H26N2O3S/c1-5-27(25,26)23-10-6-7-17-13-18(8-9-19(17)23)22-21(24)20-15(3)11-14(2)12-16(20)4/h8-9,11-13H,5-7,10H2,1-4H3,(H,22,24). The number of fused-ring (bicyclic) bond motifs is 1. The van der Waals surface area contributed by atoms with Gasteiger partial charge >= 0.3 is 0 Å². The SMILES string of the molecule is CCS(=O)(=O)N1CCCc2cc(NC(=O)c3c(C)cc(C)cc3C)ccc21. The predicted octanol–water partition coefficient (Wildman–Crippen LogP) is 3.97. The summed E-state index contributed by atoms with van der Waals surface area (Å²) in [5.41, 5.74) is 6.08. The van der Waals surface area contributed by atoms with E-state index in [0.29, 0.717) is 17.8 Å². The van der Waals surface area contributed by atoms with Crippen molar-refractivity contribution in [1.82, 2.24) is 0 Å². The van der Waals surface area contributed by atoms with Crippen LogP contribution in [0.2, 0.25) is 0 Å². The summed E-state index contributed by atoms with van der Waals surface area (Å²) in [6.45, 7) is 8.06. The molecule has 0 aliphatic carbocycles. The maximum Gasteiger partial charge on any atom is 0.256 e. The Bertz CT molecular complexity index is 973. The van der Waals surface area contributed by atoms with E-state index < -0.39 is 10.0 Å². The third-order valence-electron chi connectivity index (χ3n) is 5.02. The molecule has 0 saturated carbocycles. The van der Waals surface area contributed by atoms with Gasteiger partial charge in [0.15, 0.2) is 0 Å². The monoisotopic (exact) mass is 386 g/mol. The van der Waals surface area contributed by atoms with Crippen LogP contribution in [0.5, 0.6) is 0 Å². The number of nitrogens with zero attached hydrogens (tertiary/aromatic N) is 1. The Kier molecular flexibility index (Phi) is 5.29. The van der Waals surface area contributed by atoms with Crippen molar-refractivity contribution < 1.29 is 13.2 Å². The second-order valence-electron chi connectivity index (χ2n) is 7.15. The maximum absolute atomic E-state index is 12.8. The quantitative estimate of drug-likeness (QED) is 0.865. The lowest BCUT2D eigenvalue weighted by Crippen LogP contribution is -2.36. The Morgan fingerprint density at radius 2 is 1.78 bits per heavy atom. The molecule has 0 spiro atoms. The predicted molar refractivity (Wildman–Crippen MR) is 110 cm³/mol. The fourth-order valence-electron chi connectivity index (χ4n) is 3.82. The van der Waals surface area contributed by atoms with Crippen molar-refractivity contribution in [3.8, 4) is 0 Å². The molecule has 0 bridgehead atoms. The number of aryl methyl sites for hydroxylation is 4.